The Labute approximate surface area is 93.4 Å². The van der Waals surface area contributed by atoms with Crippen molar-refractivity contribution in [2.45, 2.75) is 0 Å². The van der Waals surface area contributed by atoms with Crippen molar-refractivity contribution in [3.8, 4) is 0 Å². The first-order chi connectivity index (χ1) is 0. The van der Waals surface area contributed by atoms with E-state index in [4.69, 9.17) is 0 Å². The van der Waals surface area contributed by atoms with Gasteiger partial charge in [-0.15, -0.1) is 0 Å². The van der Waals surface area contributed by atoms with Crippen LogP contribution in [0.15, 0.2) is 0 Å². The van der Waals surface area contributed by atoms with E-state index in [-0.39, 0.29) is 95.5 Å². The van der Waals surface area contributed by atoms with E-state index >= 15 is 0 Å². The van der Waals surface area contributed by atoms with Crippen LogP contribution < -0.4 is 0 Å². The summed E-state index contributed by atoms with van der Waals surface area (Å²) < 4.78 is 0. The molecule has 0 rings (SSSR count). The summed E-state index contributed by atoms with van der Waals surface area (Å²) >= 11 is 0. The summed E-state index contributed by atoms with van der Waals surface area (Å²) in [5.41, 5.74) is 0. The Bertz CT molecular complexity index is 6.00. The topological polar surface area (TPSA) is 0 Å². The van der Waals surface area contributed by atoms with Gasteiger partial charge in [0.25, 0.3) is 0 Å². The first-order valence-electron chi connectivity index (χ1n) is 0. The second kappa shape index (κ2) is 16.8. The van der Waals surface area contributed by atoms with E-state index in [1.54, 1.807) is 0 Å². The second-order valence-corrected chi connectivity index (χ2v) is 0. The molecule has 0 aromatic heterocycles. The molecule has 0 aliphatic rings. The molecule has 4 heteroatoms. The Morgan fingerprint density at radius 1 is 0.750 bits per heavy atom. The summed E-state index contributed by atoms with van der Waals surface area (Å²) in [6.45, 7) is 0. The van der Waals surface area contributed by atoms with Gasteiger partial charge in [0.15, 0.2) is 0 Å². The van der Waals surface area contributed by atoms with Gasteiger partial charge >= 0.3 is 68.5 Å². The van der Waals surface area contributed by atoms with Crippen molar-refractivity contribution < 1.29 is 0 Å². The van der Waals surface area contributed by atoms with E-state index < -0.39 is 0 Å². The van der Waals surface area contributed by atoms with Gasteiger partial charge in [-0.3, -0.25) is 0 Å². The van der Waals surface area contributed by atoms with Crippen LogP contribution in [0.1, 0.15) is 0 Å². The van der Waals surface area contributed by atoms with Gasteiger partial charge in [-0.2, -0.15) is 0 Å². The molecular weight excluding hydrogens is 176 g/mol. The van der Waals surface area contributed by atoms with Gasteiger partial charge < -0.3 is 27.0 Å². The quantitative estimate of drug-likeness (QED) is 0.425. The van der Waals surface area contributed by atoms with E-state index in [1.165, 1.54) is 0 Å². The van der Waals surface area contributed by atoms with Gasteiger partial charge in [-0.25, -0.2) is 0 Å². The fraction of sp³-hybridized carbons (Fsp3) is 0. The Morgan fingerprint density at radius 2 is 0.750 bits per heavy atom. The summed E-state index contributed by atoms with van der Waals surface area (Å²) in [6, 6.07) is 0. The van der Waals surface area contributed by atoms with Crippen molar-refractivity contribution in [1.82, 2.24) is 0 Å². The normalized spacial score (nSPS) is 0. The molecule has 0 atom stereocenters. The minimum Gasteiger partial charge on any atom is -2.00 e. The predicted molar refractivity (Wildman–Crippen MR) is 26.2 cm³/mol. The third kappa shape index (κ3) is 8.87. The summed E-state index contributed by atoms with van der Waals surface area (Å²) in [6.07, 6.45) is 0. The van der Waals surface area contributed by atoms with Gasteiger partial charge in [0.05, 0.1) is 0 Å². The molecule has 0 fully saturated rings. The van der Waals surface area contributed by atoms with Crippen molar-refractivity contribution in [3.63, 3.8) is 0 Å². The zero-order valence-corrected chi connectivity index (χ0v) is 8.75. The van der Waals surface area contributed by atoms with Crippen molar-refractivity contribution in [1.29, 1.82) is 0 Å². The van der Waals surface area contributed by atoms with E-state index in [2.05, 4.69) is 0 Å². The SMILES string of the molecule is [Mg+2].[S-2].[S-2].[Sr+2]. The van der Waals surface area contributed by atoms with Crippen molar-refractivity contribution in [2.24, 2.45) is 0 Å². The van der Waals surface area contributed by atoms with Crippen molar-refractivity contribution >= 4 is 95.5 Å². The second-order valence-electron chi connectivity index (χ2n) is 0. The fourth-order valence-corrected chi connectivity index (χ4v) is 0. The first-order valence-corrected chi connectivity index (χ1v) is 0. The maximum atomic E-state index is 0. The molecule has 0 bridgehead atoms. The summed E-state index contributed by atoms with van der Waals surface area (Å²) in [4.78, 5) is 0. The Hall–Kier alpha value is 2.95. The van der Waals surface area contributed by atoms with Gasteiger partial charge in [0.2, 0.25) is 0 Å². The molecule has 0 aliphatic carbocycles. The van der Waals surface area contributed by atoms with Crippen LogP contribution in [0.5, 0.6) is 0 Å². The third-order valence-electron chi connectivity index (χ3n) is 0. The van der Waals surface area contributed by atoms with Crippen LogP contribution in [0.4, 0.5) is 0 Å². The minimum absolute atomic E-state index is 0. The maximum absolute atomic E-state index is 0. The average molecular weight is 176 g/mol. The van der Waals surface area contributed by atoms with E-state index in [0.717, 1.165) is 0 Å². The molecule has 0 heterocycles. The Kier molecular flexibility index (Phi) is 119. The summed E-state index contributed by atoms with van der Waals surface area (Å²) in [5, 5.41) is 0. The number of hydrogen-bond donors (Lipinski definition) is 0. The maximum Gasteiger partial charge on any atom is 2.00 e. The largest absolute Gasteiger partial charge is 2.00 e. The number of hydrogen-bond acceptors (Lipinski definition) is 0. The molecule has 0 aromatic carbocycles. The van der Waals surface area contributed by atoms with Crippen LogP contribution >= 0.6 is 0 Å². The zero-order chi connectivity index (χ0) is 0. The zero-order valence-electron chi connectivity index (χ0n) is 2.23. The molecule has 16 valence electrons. The van der Waals surface area contributed by atoms with Crippen LogP contribution in [0.25, 0.3) is 0 Å². The first kappa shape index (κ1) is 28.3. The van der Waals surface area contributed by atoms with E-state index in [0.29, 0.717) is 0 Å². The molecule has 0 saturated heterocycles. The van der Waals surface area contributed by atoms with Gasteiger partial charge in [0, 0.05) is 0 Å². The molecule has 0 radical (unpaired) electrons. The van der Waals surface area contributed by atoms with Crippen LogP contribution in [0, 0.1) is 0 Å². The van der Waals surface area contributed by atoms with Crippen LogP contribution in [0.3, 0.4) is 0 Å². The molecule has 0 saturated carbocycles. The van der Waals surface area contributed by atoms with Crippen molar-refractivity contribution in [3.05, 3.63) is 0 Å². The molecule has 0 unspecified atom stereocenters. The minimum atomic E-state index is 0. The van der Waals surface area contributed by atoms with Crippen LogP contribution in [0.2, 0.25) is 0 Å². The predicted octanol–water partition coefficient (Wildman–Crippen LogP) is -0.766. The monoisotopic (exact) mass is 176 g/mol. The molecular formula is MgS2Sr. The molecule has 0 nitrogen and oxygen atoms in total. The average Bonchev–Trinajstić information content (AvgIpc) is 0. The van der Waals surface area contributed by atoms with Gasteiger partial charge in [-0.05, 0) is 0 Å². The Morgan fingerprint density at radius 3 is 0.750 bits per heavy atom. The van der Waals surface area contributed by atoms with Gasteiger partial charge in [-0.1, -0.05) is 0 Å². The third-order valence-corrected chi connectivity index (χ3v) is 0. The summed E-state index contributed by atoms with van der Waals surface area (Å²) in [5.74, 6) is 0. The van der Waals surface area contributed by atoms with Gasteiger partial charge in [0.1, 0.15) is 0 Å². The van der Waals surface area contributed by atoms with E-state index in [1.807, 2.05) is 0 Å². The van der Waals surface area contributed by atoms with E-state index in [9.17, 15) is 0 Å². The smallest absolute Gasteiger partial charge is 2.00 e. The van der Waals surface area contributed by atoms with Crippen LogP contribution in [-0.2, 0) is 27.0 Å². The standard InChI is InChI=1S/Mg.2S.Sr/q+2;2*-2;+2. The van der Waals surface area contributed by atoms with Crippen molar-refractivity contribution in [2.75, 3.05) is 0 Å². The fourth-order valence-electron chi connectivity index (χ4n) is 0. The summed E-state index contributed by atoms with van der Waals surface area (Å²) in [7, 11) is 0. The Balaban J connectivity index is 0. The van der Waals surface area contributed by atoms with Crippen LogP contribution in [-0.4, -0.2) is 68.5 Å². The number of rotatable bonds is 0. The molecule has 0 amide bonds. The molecule has 0 aliphatic heterocycles. The molecule has 0 aromatic rings. The molecule has 0 spiro atoms. The molecule has 4 heavy (non-hydrogen) atoms. The molecule has 0 N–H and O–H groups in total.